The van der Waals surface area contributed by atoms with Gasteiger partial charge in [-0.05, 0) is 50.6 Å². The van der Waals surface area contributed by atoms with E-state index in [4.69, 9.17) is 4.74 Å². The first-order chi connectivity index (χ1) is 9.79. The van der Waals surface area contributed by atoms with E-state index in [9.17, 15) is 4.79 Å². The molecule has 1 aromatic heterocycles. The van der Waals surface area contributed by atoms with E-state index in [-0.39, 0.29) is 5.97 Å². The number of carbonyl (C=O) groups is 1. The second-order valence-corrected chi connectivity index (χ2v) is 6.43. The Morgan fingerprint density at radius 2 is 2.25 bits per heavy atom. The number of esters is 1. The molecule has 1 aliphatic carbocycles. The van der Waals surface area contributed by atoms with E-state index in [0.717, 1.165) is 32.0 Å². The first-order valence-electron chi connectivity index (χ1n) is 7.71. The molecule has 4 heteroatoms. The van der Waals surface area contributed by atoms with E-state index in [0.29, 0.717) is 13.0 Å². The van der Waals surface area contributed by atoms with Crippen LogP contribution in [0, 0.1) is 0 Å². The van der Waals surface area contributed by atoms with Gasteiger partial charge >= 0.3 is 5.97 Å². The fraction of sp³-hybridized carbons (Fsp3) is 0.688. The molecule has 112 valence electrons. The maximum absolute atomic E-state index is 11.2. The lowest BCUT2D eigenvalue weighted by Gasteiger charge is -2.21. The van der Waals surface area contributed by atoms with Gasteiger partial charge in [-0.2, -0.15) is 0 Å². The van der Waals surface area contributed by atoms with Crippen molar-refractivity contribution < 1.29 is 9.53 Å². The molecule has 2 rings (SSSR count). The summed E-state index contributed by atoms with van der Waals surface area (Å²) in [5, 5.41) is 2.15. The molecule has 1 heterocycles. The van der Waals surface area contributed by atoms with Crippen molar-refractivity contribution in [1.29, 1.82) is 0 Å². The van der Waals surface area contributed by atoms with Crippen LogP contribution in [0.2, 0.25) is 0 Å². The van der Waals surface area contributed by atoms with Crippen molar-refractivity contribution in [3.8, 4) is 0 Å². The SMILES string of the molecule is CCOC(=O)CCCCCN(Cc1cccs1)C1CC1. The second kappa shape index (κ2) is 8.42. The summed E-state index contributed by atoms with van der Waals surface area (Å²) in [5.41, 5.74) is 0. The van der Waals surface area contributed by atoms with Gasteiger partial charge in [0.05, 0.1) is 6.61 Å². The molecule has 0 unspecified atom stereocenters. The minimum absolute atomic E-state index is 0.0508. The van der Waals surface area contributed by atoms with Gasteiger partial charge < -0.3 is 4.74 Å². The zero-order chi connectivity index (χ0) is 14.2. The molecule has 0 N–H and O–H groups in total. The molecule has 1 aromatic rings. The molecule has 1 fully saturated rings. The van der Waals surface area contributed by atoms with Gasteiger partial charge in [-0.15, -0.1) is 11.3 Å². The molecule has 0 aliphatic heterocycles. The Balaban J connectivity index is 1.59. The Hall–Kier alpha value is -0.870. The molecule has 1 saturated carbocycles. The number of ether oxygens (including phenoxy) is 1. The summed E-state index contributed by atoms with van der Waals surface area (Å²) in [5.74, 6) is -0.0508. The summed E-state index contributed by atoms with van der Waals surface area (Å²) in [4.78, 5) is 15.3. The van der Waals surface area contributed by atoms with Gasteiger partial charge in [-0.3, -0.25) is 9.69 Å². The van der Waals surface area contributed by atoms with Crippen molar-refractivity contribution in [3.63, 3.8) is 0 Å². The molecule has 0 spiro atoms. The van der Waals surface area contributed by atoms with E-state index in [2.05, 4.69) is 22.4 Å². The average molecular weight is 295 g/mol. The zero-order valence-corrected chi connectivity index (χ0v) is 13.2. The summed E-state index contributed by atoms with van der Waals surface area (Å²) in [6, 6.07) is 5.16. The Kier molecular flexibility index (Phi) is 6.54. The van der Waals surface area contributed by atoms with E-state index in [1.54, 1.807) is 0 Å². The Morgan fingerprint density at radius 3 is 2.90 bits per heavy atom. The van der Waals surface area contributed by atoms with Crippen LogP contribution >= 0.6 is 11.3 Å². The van der Waals surface area contributed by atoms with E-state index in [1.165, 1.54) is 24.1 Å². The summed E-state index contributed by atoms with van der Waals surface area (Å²) >= 11 is 1.85. The van der Waals surface area contributed by atoms with Crippen molar-refractivity contribution >= 4 is 17.3 Å². The number of hydrogen-bond acceptors (Lipinski definition) is 4. The van der Waals surface area contributed by atoms with Crippen LogP contribution in [0.4, 0.5) is 0 Å². The molecule has 0 radical (unpaired) electrons. The molecule has 0 aromatic carbocycles. The lowest BCUT2D eigenvalue weighted by molar-refractivity contribution is -0.143. The van der Waals surface area contributed by atoms with E-state index >= 15 is 0 Å². The summed E-state index contributed by atoms with van der Waals surface area (Å²) in [6.07, 6.45) is 6.54. The highest BCUT2D eigenvalue weighted by molar-refractivity contribution is 7.09. The first-order valence-corrected chi connectivity index (χ1v) is 8.59. The fourth-order valence-corrected chi connectivity index (χ4v) is 3.16. The van der Waals surface area contributed by atoms with Crippen LogP contribution in [0.15, 0.2) is 17.5 Å². The predicted octanol–water partition coefficient (Wildman–Crippen LogP) is 3.84. The van der Waals surface area contributed by atoms with E-state index < -0.39 is 0 Å². The van der Waals surface area contributed by atoms with Crippen LogP contribution in [0.5, 0.6) is 0 Å². The van der Waals surface area contributed by atoms with Crippen LogP contribution in [0.1, 0.15) is 50.3 Å². The molecular weight excluding hydrogens is 270 g/mol. The monoisotopic (exact) mass is 295 g/mol. The lowest BCUT2D eigenvalue weighted by Crippen LogP contribution is -2.26. The smallest absolute Gasteiger partial charge is 0.305 e. The van der Waals surface area contributed by atoms with Crippen molar-refractivity contribution in [2.24, 2.45) is 0 Å². The molecule has 1 aliphatic rings. The van der Waals surface area contributed by atoms with Crippen molar-refractivity contribution in [3.05, 3.63) is 22.4 Å². The van der Waals surface area contributed by atoms with Crippen LogP contribution in [-0.2, 0) is 16.1 Å². The van der Waals surface area contributed by atoms with Crippen LogP contribution in [-0.4, -0.2) is 30.1 Å². The van der Waals surface area contributed by atoms with Gasteiger partial charge in [0.1, 0.15) is 0 Å². The third-order valence-electron chi connectivity index (χ3n) is 3.63. The van der Waals surface area contributed by atoms with Crippen LogP contribution < -0.4 is 0 Å². The quantitative estimate of drug-likeness (QED) is 0.485. The third-order valence-corrected chi connectivity index (χ3v) is 4.50. The molecule has 3 nitrogen and oxygen atoms in total. The highest BCUT2D eigenvalue weighted by atomic mass is 32.1. The number of hydrogen-bond donors (Lipinski definition) is 0. The standard InChI is InChI=1S/C16H25NO2S/c1-2-19-16(18)8-4-3-5-11-17(14-9-10-14)13-15-7-6-12-20-15/h6-7,12,14H,2-5,8-11,13H2,1H3. The van der Waals surface area contributed by atoms with Gasteiger partial charge in [0.25, 0.3) is 0 Å². The minimum atomic E-state index is -0.0508. The van der Waals surface area contributed by atoms with Gasteiger partial charge in [0.2, 0.25) is 0 Å². The molecule has 0 bridgehead atoms. The van der Waals surface area contributed by atoms with Gasteiger partial charge in [0.15, 0.2) is 0 Å². The van der Waals surface area contributed by atoms with Crippen molar-refractivity contribution in [2.75, 3.05) is 13.2 Å². The Bertz CT molecular complexity index is 387. The topological polar surface area (TPSA) is 29.5 Å². The molecular formula is C16H25NO2S. The van der Waals surface area contributed by atoms with Crippen molar-refractivity contribution in [1.82, 2.24) is 4.90 Å². The number of unbranched alkanes of at least 4 members (excludes halogenated alkanes) is 2. The fourth-order valence-electron chi connectivity index (χ4n) is 2.43. The highest BCUT2D eigenvalue weighted by Crippen LogP contribution is 2.29. The summed E-state index contributed by atoms with van der Waals surface area (Å²) in [6.45, 7) is 4.61. The zero-order valence-electron chi connectivity index (χ0n) is 12.3. The largest absolute Gasteiger partial charge is 0.466 e. The average Bonchev–Trinajstić information content (AvgIpc) is 3.15. The van der Waals surface area contributed by atoms with Crippen LogP contribution in [0.25, 0.3) is 0 Å². The summed E-state index contributed by atoms with van der Waals surface area (Å²) < 4.78 is 4.94. The Morgan fingerprint density at radius 1 is 1.40 bits per heavy atom. The molecule has 0 saturated heterocycles. The molecule has 0 amide bonds. The second-order valence-electron chi connectivity index (χ2n) is 5.40. The predicted molar refractivity (Wildman–Crippen MR) is 82.9 cm³/mol. The van der Waals surface area contributed by atoms with Crippen molar-refractivity contribution in [2.45, 2.75) is 58.0 Å². The number of nitrogens with zero attached hydrogens (tertiary/aromatic N) is 1. The Labute approximate surface area is 125 Å². The normalized spacial score (nSPS) is 14.7. The lowest BCUT2D eigenvalue weighted by atomic mass is 10.2. The van der Waals surface area contributed by atoms with Gasteiger partial charge in [-0.25, -0.2) is 0 Å². The minimum Gasteiger partial charge on any atom is -0.466 e. The summed E-state index contributed by atoms with van der Waals surface area (Å²) in [7, 11) is 0. The number of rotatable bonds is 10. The highest BCUT2D eigenvalue weighted by Gasteiger charge is 2.28. The number of thiophene rings is 1. The first kappa shape index (κ1) is 15.5. The maximum atomic E-state index is 11.2. The molecule has 20 heavy (non-hydrogen) atoms. The number of carbonyl (C=O) groups excluding carboxylic acids is 1. The maximum Gasteiger partial charge on any atom is 0.305 e. The van der Waals surface area contributed by atoms with E-state index in [1.807, 2.05) is 18.3 Å². The molecule has 0 atom stereocenters. The van der Waals surface area contributed by atoms with Gasteiger partial charge in [-0.1, -0.05) is 12.5 Å². The van der Waals surface area contributed by atoms with Gasteiger partial charge in [0, 0.05) is 23.9 Å². The van der Waals surface area contributed by atoms with Crippen LogP contribution in [0.3, 0.4) is 0 Å². The third kappa shape index (κ3) is 5.63.